The maximum Gasteiger partial charge on any atom is 0.325 e. The van der Waals surface area contributed by atoms with Gasteiger partial charge in [-0.05, 0) is 20.3 Å². The lowest BCUT2D eigenvalue weighted by Crippen LogP contribution is -2.35. The lowest BCUT2D eigenvalue weighted by atomic mass is 10.1. The predicted octanol–water partition coefficient (Wildman–Crippen LogP) is -0.207. The fourth-order valence-corrected chi connectivity index (χ4v) is 2.38. The molecule has 9 nitrogen and oxygen atoms in total. The molecule has 2 rings (SSSR count). The zero-order valence-electron chi connectivity index (χ0n) is 13.3. The van der Waals surface area contributed by atoms with Gasteiger partial charge in [-0.15, -0.1) is 0 Å². The van der Waals surface area contributed by atoms with E-state index in [2.05, 4.69) is 25.4 Å². The van der Waals surface area contributed by atoms with E-state index in [1.54, 1.807) is 11.6 Å². The molecule has 124 valence electrons. The topological polar surface area (TPSA) is 126 Å². The predicted molar refractivity (Wildman–Crippen MR) is 83.0 cm³/mol. The Labute approximate surface area is 132 Å². The summed E-state index contributed by atoms with van der Waals surface area (Å²) >= 11 is 0. The van der Waals surface area contributed by atoms with Gasteiger partial charge in [0, 0.05) is 17.8 Å². The average molecular weight is 320 g/mol. The van der Waals surface area contributed by atoms with Gasteiger partial charge in [0.25, 0.3) is 5.56 Å². The fourth-order valence-electron chi connectivity index (χ4n) is 2.38. The molecule has 0 aliphatic rings. The van der Waals surface area contributed by atoms with Crippen LogP contribution in [0.4, 0.5) is 0 Å². The third-order valence-corrected chi connectivity index (χ3v) is 3.59. The van der Waals surface area contributed by atoms with Crippen LogP contribution in [0.15, 0.2) is 15.9 Å². The number of aromatic nitrogens is 5. The van der Waals surface area contributed by atoms with Crippen LogP contribution in [0.1, 0.15) is 43.4 Å². The molecule has 0 saturated carbocycles. The van der Waals surface area contributed by atoms with E-state index in [0.29, 0.717) is 24.5 Å². The minimum absolute atomic E-state index is 0.116. The van der Waals surface area contributed by atoms with Crippen molar-refractivity contribution in [1.82, 2.24) is 30.0 Å². The van der Waals surface area contributed by atoms with Crippen LogP contribution < -0.4 is 16.6 Å². The fraction of sp³-hybridized carbons (Fsp3) is 0.500. The molecule has 0 aliphatic heterocycles. The highest BCUT2D eigenvalue weighted by atomic mass is 16.2. The maximum atomic E-state index is 12.3. The van der Waals surface area contributed by atoms with Gasteiger partial charge in [0.2, 0.25) is 5.91 Å². The number of aromatic amines is 2. The second kappa shape index (κ2) is 7.03. The minimum Gasteiger partial charge on any atom is -0.346 e. The molecule has 2 aromatic heterocycles. The molecular weight excluding hydrogens is 300 g/mol. The van der Waals surface area contributed by atoms with Crippen molar-refractivity contribution < 1.29 is 4.79 Å². The molecule has 1 atom stereocenters. The smallest absolute Gasteiger partial charge is 0.325 e. The number of amides is 1. The van der Waals surface area contributed by atoms with Gasteiger partial charge in [-0.25, -0.2) is 14.5 Å². The van der Waals surface area contributed by atoms with Crippen LogP contribution >= 0.6 is 0 Å². The van der Waals surface area contributed by atoms with Gasteiger partial charge >= 0.3 is 5.69 Å². The Morgan fingerprint density at radius 3 is 2.70 bits per heavy atom. The Morgan fingerprint density at radius 2 is 2.09 bits per heavy atom. The first-order valence-electron chi connectivity index (χ1n) is 7.45. The van der Waals surface area contributed by atoms with Crippen molar-refractivity contribution in [1.29, 1.82) is 0 Å². The highest BCUT2D eigenvalue weighted by molar-refractivity contribution is 5.79. The molecule has 23 heavy (non-hydrogen) atoms. The Hall–Kier alpha value is -2.71. The largest absolute Gasteiger partial charge is 0.346 e. The molecule has 3 N–H and O–H groups in total. The summed E-state index contributed by atoms with van der Waals surface area (Å²) in [5, 5.41) is 6.95. The number of H-pyrrole nitrogens is 2. The molecule has 0 aromatic carbocycles. The summed E-state index contributed by atoms with van der Waals surface area (Å²) < 4.78 is 1.71. The molecular formula is C14H20N6O3. The third kappa shape index (κ3) is 3.74. The van der Waals surface area contributed by atoms with E-state index in [4.69, 9.17) is 0 Å². The molecule has 2 aromatic rings. The summed E-state index contributed by atoms with van der Waals surface area (Å²) in [4.78, 5) is 44.0. The van der Waals surface area contributed by atoms with E-state index in [0.717, 1.165) is 0 Å². The summed E-state index contributed by atoms with van der Waals surface area (Å²) in [5.41, 5.74) is -0.502. The maximum absolute atomic E-state index is 12.3. The van der Waals surface area contributed by atoms with Gasteiger partial charge in [-0.2, -0.15) is 5.10 Å². The van der Waals surface area contributed by atoms with Crippen molar-refractivity contribution in [2.45, 2.75) is 46.2 Å². The third-order valence-electron chi connectivity index (χ3n) is 3.59. The second-order valence-electron chi connectivity index (χ2n) is 5.15. The van der Waals surface area contributed by atoms with E-state index in [9.17, 15) is 14.4 Å². The van der Waals surface area contributed by atoms with Crippen LogP contribution in [0.2, 0.25) is 0 Å². The van der Waals surface area contributed by atoms with Crippen LogP contribution in [0.25, 0.3) is 0 Å². The van der Waals surface area contributed by atoms with Crippen LogP contribution in [0.5, 0.6) is 0 Å². The zero-order valence-corrected chi connectivity index (χ0v) is 13.3. The Balaban J connectivity index is 2.15. The molecule has 0 spiro atoms. The molecule has 0 bridgehead atoms. The molecule has 0 radical (unpaired) electrons. The van der Waals surface area contributed by atoms with Crippen molar-refractivity contribution in [2.24, 2.45) is 0 Å². The lowest BCUT2D eigenvalue weighted by molar-refractivity contribution is -0.121. The number of rotatable bonds is 6. The van der Waals surface area contributed by atoms with E-state index >= 15 is 0 Å². The number of carbonyl (C=O) groups excluding carboxylic acids is 1. The van der Waals surface area contributed by atoms with Crippen molar-refractivity contribution in [2.75, 3.05) is 0 Å². The number of hydrogen-bond donors (Lipinski definition) is 3. The molecule has 0 fully saturated rings. The van der Waals surface area contributed by atoms with E-state index in [1.807, 2.05) is 13.8 Å². The van der Waals surface area contributed by atoms with Gasteiger partial charge < -0.3 is 10.3 Å². The summed E-state index contributed by atoms with van der Waals surface area (Å²) in [6, 6.07) is -0.285. The number of aryl methyl sites for hydroxylation is 2. The number of hydrogen-bond acceptors (Lipinski definition) is 5. The normalized spacial score (nSPS) is 12.1. The molecule has 0 aliphatic carbocycles. The van der Waals surface area contributed by atoms with Crippen LogP contribution in [0.3, 0.4) is 0 Å². The van der Waals surface area contributed by atoms with E-state index in [-0.39, 0.29) is 23.9 Å². The second-order valence-corrected chi connectivity index (χ2v) is 5.15. The van der Waals surface area contributed by atoms with E-state index in [1.165, 1.54) is 6.33 Å². The summed E-state index contributed by atoms with van der Waals surface area (Å²) in [6.07, 6.45) is 1.98. The number of nitrogens with zero attached hydrogens (tertiary/aromatic N) is 3. The van der Waals surface area contributed by atoms with Gasteiger partial charge in [-0.3, -0.25) is 14.6 Å². The van der Waals surface area contributed by atoms with Crippen LogP contribution in [-0.2, 0) is 17.8 Å². The Bertz CT molecular complexity index is 803. The first-order valence-corrected chi connectivity index (χ1v) is 7.45. The van der Waals surface area contributed by atoms with Gasteiger partial charge in [0.05, 0.1) is 12.5 Å². The molecule has 9 heteroatoms. The monoisotopic (exact) mass is 320 g/mol. The minimum atomic E-state index is -0.584. The summed E-state index contributed by atoms with van der Waals surface area (Å²) in [7, 11) is 0. The van der Waals surface area contributed by atoms with Gasteiger partial charge in [0.15, 0.2) is 0 Å². The van der Waals surface area contributed by atoms with E-state index < -0.39 is 11.2 Å². The molecule has 0 saturated heterocycles. The van der Waals surface area contributed by atoms with Crippen molar-refractivity contribution >= 4 is 5.91 Å². The first-order chi connectivity index (χ1) is 11.0. The van der Waals surface area contributed by atoms with Crippen molar-refractivity contribution in [3.8, 4) is 0 Å². The Kier molecular flexibility index (Phi) is 5.09. The van der Waals surface area contributed by atoms with Crippen LogP contribution in [0, 0.1) is 6.92 Å². The highest BCUT2D eigenvalue weighted by Gasteiger charge is 2.19. The first kappa shape index (κ1) is 16.7. The molecule has 2 heterocycles. The van der Waals surface area contributed by atoms with Gasteiger partial charge in [0.1, 0.15) is 12.2 Å². The molecule has 1 amide bonds. The summed E-state index contributed by atoms with van der Waals surface area (Å²) in [6.45, 7) is 6.11. The SMILES string of the molecule is CC[C@@H](NC(=O)Cc1c(C)[nH]c(=O)[nH]c1=O)c1ncnn1CC. The Morgan fingerprint density at radius 1 is 1.35 bits per heavy atom. The number of carbonyl (C=O) groups is 1. The van der Waals surface area contributed by atoms with Crippen LogP contribution in [-0.4, -0.2) is 30.6 Å². The summed E-state index contributed by atoms with van der Waals surface area (Å²) in [5.74, 6) is 0.360. The van der Waals surface area contributed by atoms with Crippen molar-refractivity contribution in [3.05, 3.63) is 44.2 Å². The quantitative estimate of drug-likeness (QED) is 0.679. The lowest BCUT2D eigenvalue weighted by Gasteiger charge is -2.17. The highest BCUT2D eigenvalue weighted by Crippen LogP contribution is 2.13. The standard InChI is InChI=1S/C14H20N6O3/c1-4-10(12-15-7-16-20(12)5-2)18-11(21)6-9-8(3)17-14(23)19-13(9)22/h7,10H,4-6H2,1-3H3,(H,18,21)(H2,17,19,22,23)/t10-/m1/s1. The average Bonchev–Trinajstić information content (AvgIpc) is 2.96. The molecule has 0 unspecified atom stereocenters. The van der Waals surface area contributed by atoms with Crippen molar-refractivity contribution in [3.63, 3.8) is 0 Å². The van der Waals surface area contributed by atoms with Gasteiger partial charge in [-0.1, -0.05) is 6.92 Å². The number of nitrogens with one attached hydrogen (secondary N) is 3. The zero-order chi connectivity index (χ0) is 17.0.